The summed E-state index contributed by atoms with van der Waals surface area (Å²) in [7, 11) is -3.44. The van der Waals surface area contributed by atoms with Crippen LogP contribution in [0.3, 0.4) is 0 Å². The number of hydrogen-bond acceptors (Lipinski definition) is 6. The molecule has 3 rings (SSSR count). The van der Waals surface area contributed by atoms with Crippen molar-refractivity contribution in [2.75, 3.05) is 18.8 Å². The minimum absolute atomic E-state index is 0.0880. The Kier molecular flexibility index (Phi) is 5.64. The molecule has 0 radical (unpaired) electrons. The number of imide groups is 2. The van der Waals surface area contributed by atoms with Crippen LogP contribution in [0.5, 0.6) is 0 Å². The van der Waals surface area contributed by atoms with E-state index in [0.717, 1.165) is 11.0 Å². The first-order chi connectivity index (χ1) is 13.7. The van der Waals surface area contributed by atoms with Crippen molar-refractivity contribution in [1.29, 1.82) is 0 Å². The molecule has 1 atom stereocenters. The first-order valence-corrected chi connectivity index (χ1v) is 10.5. The molecule has 10 heteroatoms. The zero-order chi connectivity index (χ0) is 21.2. The van der Waals surface area contributed by atoms with Crippen molar-refractivity contribution in [3.63, 3.8) is 0 Å². The number of urea groups is 1. The molecule has 2 aliphatic rings. The molecule has 0 unspecified atom stereocenters. The van der Waals surface area contributed by atoms with Gasteiger partial charge in [-0.05, 0) is 11.6 Å². The molecule has 5 amide bonds. The normalized spacial score (nSPS) is 20.4. The fourth-order valence-corrected chi connectivity index (χ4v) is 4.43. The van der Waals surface area contributed by atoms with Crippen LogP contribution in [0.15, 0.2) is 54.5 Å². The minimum Gasteiger partial charge on any atom is -0.329 e. The van der Waals surface area contributed by atoms with Crippen LogP contribution >= 0.6 is 0 Å². The van der Waals surface area contributed by atoms with Gasteiger partial charge in [0.25, 0.3) is 0 Å². The summed E-state index contributed by atoms with van der Waals surface area (Å²) in [5.74, 6) is -3.05. The van der Waals surface area contributed by atoms with Gasteiger partial charge < -0.3 is 4.90 Å². The van der Waals surface area contributed by atoms with E-state index in [9.17, 15) is 27.6 Å². The summed E-state index contributed by atoms with van der Waals surface area (Å²) in [5.41, 5.74) is 0.752. The molecule has 1 fully saturated rings. The van der Waals surface area contributed by atoms with Crippen LogP contribution in [0.25, 0.3) is 0 Å². The van der Waals surface area contributed by atoms with Crippen molar-refractivity contribution in [2.45, 2.75) is 12.6 Å². The van der Waals surface area contributed by atoms with Gasteiger partial charge in [0.2, 0.25) is 5.91 Å². The third kappa shape index (κ3) is 4.27. The minimum atomic E-state index is -3.44. The number of nitrogens with zero attached hydrogens (tertiary/aromatic N) is 3. The quantitative estimate of drug-likeness (QED) is 0.358. The molecule has 2 aliphatic heterocycles. The zero-order valence-corrected chi connectivity index (χ0v) is 16.2. The largest absolute Gasteiger partial charge is 0.335 e. The lowest BCUT2D eigenvalue weighted by molar-refractivity contribution is -0.145. The van der Waals surface area contributed by atoms with Gasteiger partial charge in [0.1, 0.15) is 6.54 Å². The zero-order valence-electron chi connectivity index (χ0n) is 15.4. The monoisotopic (exact) mass is 417 g/mol. The Hall–Kier alpha value is -3.27. The van der Waals surface area contributed by atoms with Crippen LogP contribution in [0.4, 0.5) is 4.79 Å². The SMILES string of the molecule is C=CCN1C(=O)C(=O)N(CC(=O)N(Cc2ccccc2)[C@@H]2C=CS(=O)(=O)C2)C1=O. The van der Waals surface area contributed by atoms with Crippen molar-refractivity contribution in [3.8, 4) is 0 Å². The average molecular weight is 417 g/mol. The van der Waals surface area contributed by atoms with E-state index in [1.807, 2.05) is 0 Å². The Bertz CT molecular complexity index is 1000. The number of carbonyl (C=O) groups is 4. The summed E-state index contributed by atoms with van der Waals surface area (Å²) in [6.45, 7) is 2.71. The van der Waals surface area contributed by atoms with Crippen LogP contribution in [-0.2, 0) is 30.8 Å². The van der Waals surface area contributed by atoms with Gasteiger partial charge in [-0.15, -0.1) is 6.58 Å². The number of rotatable bonds is 7. The summed E-state index contributed by atoms with van der Waals surface area (Å²) in [5, 5.41) is 1.05. The molecule has 0 spiro atoms. The second-order valence-electron chi connectivity index (χ2n) is 6.61. The summed E-state index contributed by atoms with van der Waals surface area (Å²) < 4.78 is 23.6. The second kappa shape index (κ2) is 8.00. The third-order valence-electron chi connectivity index (χ3n) is 4.57. The fraction of sp³-hybridized carbons (Fsp3) is 0.263. The highest BCUT2D eigenvalue weighted by Crippen LogP contribution is 2.19. The molecular weight excluding hydrogens is 398 g/mol. The predicted octanol–water partition coefficient (Wildman–Crippen LogP) is 0.303. The molecule has 0 bridgehead atoms. The van der Waals surface area contributed by atoms with E-state index in [-0.39, 0.29) is 18.8 Å². The summed E-state index contributed by atoms with van der Waals surface area (Å²) in [4.78, 5) is 52.0. The molecule has 0 aromatic heterocycles. The van der Waals surface area contributed by atoms with Crippen molar-refractivity contribution in [2.24, 2.45) is 0 Å². The van der Waals surface area contributed by atoms with Crippen molar-refractivity contribution in [3.05, 3.63) is 60.0 Å². The maximum Gasteiger partial charge on any atom is 0.335 e. The van der Waals surface area contributed by atoms with Crippen molar-refractivity contribution < 1.29 is 27.6 Å². The topological polar surface area (TPSA) is 112 Å². The molecule has 2 heterocycles. The van der Waals surface area contributed by atoms with Gasteiger partial charge in [-0.3, -0.25) is 19.3 Å². The maximum atomic E-state index is 13.0. The molecule has 29 heavy (non-hydrogen) atoms. The smallest absolute Gasteiger partial charge is 0.329 e. The standard InChI is InChI=1S/C19H19N3O6S/c1-2-9-20-17(24)18(25)22(19(20)26)12-16(23)21(11-14-6-4-3-5-7-14)15-8-10-29(27,28)13-15/h2-8,10,15H,1,9,11-13H2/t15-/m1/s1. The van der Waals surface area contributed by atoms with E-state index in [4.69, 9.17) is 0 Å². The molecule has 0 N–H and O–H groups in total. The van der Waals surface area contributed by atoms with Gasteiger partial charge in [-0.2, -0.15) is 0 Å². The Morgan fingerprint density at radius 2 is 1.79 bits per heavy atom. The molecule has 1 aromatic carbocycles. The highest BCUT2D eigenvalue weighted by molar-refractivity contribution is 7.94. The lowest BCUT2D eigenvalue weighted by atomic mass is 10.1. The number of benzene rings is 1. The first kappa shape index (κ1) is 20.5. The second-order valence-corrected chi connectivity index (χ2v) is 8.54. The highest BCUT2D eigenvalue weighted by Gasteiger charge is 2.45. The van der Waals surface area contributed by atoms with E-state index in [2.05, 4.69) is 6.58 Å². The van der Waals surface area contributed by atoms with Crippen LogP contribution in [0, 0.1) is 0 Å². The van der Waals surface area contributed by atoms with Gasteiger partial charge >= 0.3 is 17.8 Å². The summed E-state index contributed by atoms with van der Waals surface area (Å²) in [6.07, 6.45) is 2.70. The van der Waals surface area contributed by atoms with Gasteiger partial charge in [0, 0.05) is 18.5 Å². The van der Waals surface area contributed by atoms with Crippen molar-refractivity contribution in [1.82, 2.24) is 14.7 Å². The molecule has 1 saturated heterocycles. The van der Waals surface area contributed by atoms with E-state index in [0.29, 0.717) is 9.80 Å². The van der Waals surface area contributed by atoms with E-state index >= 15 is 0 Å². The van der Waals surface area contributed by atoms with E-state index in [1.165, 1.54) is 17.1 Å². The van der Waals surface area contributed by atoms with Crippen molar-refractivity contribution >= 4 is 33.6 Å². The Labute approximate surface area is 167 Å². The number of hydrogen-bond donors (Lipinski definition) is 0. The van der Waals surface area contributed by atoms with Gasteiger partial charge in [-0.25, -0.2) is 18.1 Å². The van der Waals surface area contributed by atoms with Crippen LogP contribution in [0.2, 0.25) is 0 Å². The maximum absolute atomic E-state index is 13.0. The highest BCUT2D eigenvalue weighted by atomic mass is 32.2. The number of sulfone groups is 1. The molecule has 0 saturated carbocycles. The lowest BCUT2D eigenvalue weighted by Crippen LogP contribution is -2.47. The summed E-state index contributed by atoms with van der Waals surface area (Å²) in [6, 6.07) is 7.26. The van der Waals surface area contributed by atoms with Crippen LogP contribution in [0.1, 0.15) is 5.56 Å². The average Bonchev–Trinajstić information content (AvgIpc) is 3.14. The molecule has 0 aliphatic carbocycles. The Morgan fingerprint density at radius 3 is 2.38 bits per heavy atom. The Morgan fingerprint density at radius 1 is 1.14 bits per heavy atom. The van der Waals surface area contributed by atoms with Crippen LogP contribution in [-0.4, -0.2) is 71.8 Å². The predicted molar refractivity (Wildman–Crippen MR) is 103 cm³/mol. The van der Waals surface area contributed by atoms with E-state index in [1.54, 1.807) is 30.3 Å². The molecule has 9 nitrogen and oxygen atoms in total. The fourth-order valence-electron chi connectivity index (χ4n) is 3.13. The number of amides is 5. The molecule has 152 valence electrons. The van der Waals surface area contributed by atoms with Gasteiger partial charge in [0.15, 0.2) is 9.84 Å². The van der Waals surface area contributed by atoms with E-state index < -0.39 is 46.2 Å². The first-order valence-electron chi connectivity index (χ1n) is 8.76. The van der Waals surface area contributed by atoms with Crippen LogP contribution < -0.4 is 0 Å². The third-order valence-corrected chi connectivity index (χ3v) is 5.95. The number of carbonyl (C=O) groups excluding carboxylic acids is 4. The summed E-state index contributed by atoms with van der Waals surface area (Å²) >= 11 is 0. The molecular formula is C19H19N3O6S. The lowest BCUT2D eigenvalue weighted by Gasteiger charge is -2.29. The molecule has 1 aromatic rings. The van der Waals surface area contributed by atoms with Gasteiger partial charge in [-0.1, -0.05) is 36.4 Å². The Balaban J connectivity index is 1.82. The van der Waals surface area contributed by atoms with Gasteiger partial charge in [0.05, 0.1) is 11.8 Å².